The number of nitrogens with zero attached hydrogens (tertiary/aromatic N) is 1. The lowest BCUT2D eigenvalue weighted by Crippen LogP contribution is -2.24. The first kappa shape index (κ1) is 17.2. The van der Waals surface area contributed by atoms with Crippen molar-refractivity contribution in [3.63, 3.8) is 0 Å². The molecule has 0 radical (unpaired) electrons. The first-order chi connectivity index (χ1) is 11.6. The summed E-state index contributed by atoms with van der Waals surface area (Å²) in [5.74, 6) is -0.133. The van der Waals surface area contributed by atoms with Gasteiger partial charge in [-0.25, -0.2) is 10.2 Å². The van der Waals surface area contributed by atoms with Crippen molar-refractivity contribution in [1.82, 2.24) is 5.43 Å². The smallest absolute Gasteiger partial charge is 0.337 e. The minimum atomic E-state index is -0.403. The van der Waals surface area contributed by atoms with Crippen LogP contribution in [0.5, 0.6) is 5.75 Å². The molecule has 0 aliphatic rings. The zero-order chi connectivity index (χ0) is 17.4. The van der Waals surface area contributed by atoms with Crippen LogP contribution in [0.2, 0.25) is 0 Å². The van der Waals surface area contributed by atoms with Crippen molar-refractivity contribution in [2.24, 2.45) is 5.10 Å². The molecule has 1 N–H and O–H groups in total. The fraction of sp³-hybridized carbons (Fsp3) is 0.167. The summed E-state index contributed by atoms with van der Waals surface area (Å²) in [5.41, 5.74) is 4.62. The van der Waals surface area contributed by atoms with Crippen molar-refractivity contribution in [3.8, 4) is 5.75 Å². The molecule has 0 aliphatic carbocycles. The fourth-order valence-electron chi connectivity index (χ4n) is 1.89. The highest BCUT2D eigenvalue weighted by atomic mass is 16.5. The Morgan fingerprint density at radius 3 is 2.58 bits per heavy atom. The third kappa shape index (κ3) is 5.24. The first-order valence-electron chi connectivity index (χ1n) is 7.28. The van der Waals surface area contributed by atoms with E-state index in [-0.39, 0.29) is 12.5 Å². The second-order valence-corrected chi connectivity index (χ2v) is 5.01. The second-order valence-electron chi connectivity index (χ2n) is 5.01. The topological polar surface area (TPSA) is 77.0 Å². The SMILES string of the molecule is COC(=O)c1ccc(C=NNC(=O)COc2cccc(C)c2)cc1. The average Bonchev–Trinajstić information content (AvgIpc) is 2.60. The Morgan fingerprint density at radius 1 is 1.17 bits per heavy atom. The molecule has 0 atom stereocenters. The minimum Gasteiger partial charge on any atom is -0.484 e. The molecule has 0 aliphatic heterocycles. The molecule has 0 spiro atoms. The van der Waals surface area contributed by atoms with Crippen LogP contribution in [0.1, 0.15) is 21.5 Å². The van der Waals surface area contributed by atoms with Crippen molar-refractivity contribution in [2.75, 3.05) is 13.7 Å². The summed E-state index contributed by atoms with van der Waals surface area (Å²) < 4.78 is 9.98. The summed E-state index contributed by atoms with van der Waals surface area (Å²) in [6.07, 6.45) is 1.48. The van der Waals surface area contributed by atoms with Crippen LogP contribution in [0.4, 0.5) is 0 Å². The fourth-order valence-corrected chi connectivity index (χ4v) is 1.89. The van der Waals surface area contributed by atoms with E-state index in [9.17, 15) is 9.59 Å². The van der Waals surface area contributed by atoms with Crippen LogP contribution in [-0.4, -0.2) is 31.8 Å². The second kappa shape index (κ2) is 8.47. The maximum atomic E-state index is 11.7. The summed E-state index contributed by atoms with van der Waals surface area (Å²) in [4.78, 5) is 23.0. The van der Waals surface area contributed by atoms with Crippen molar-refractivity contribution in [2.45, 2.75) is 6.92 Å². The molecule has 6 nitrogen and oxygen atoms in total. The summed E-state index contributed by atoms with van der Waals surface area (Å²) >= 11 is 0. The Labute approximate surface area is 140 Å². The lowest BCUT2D eigenvalue weighted by atomic mass is 10.1. The van der Waals surface area contributed by atoms with Crippen molar-refractivity contribution in [1.29, 1.82) is 0 Å². The molecule has 6 heteroatoms. The molecule has 2 aromatic carbocycles. The maximum absolute atomic E-state index is 11.7. The van der Waals surface area contributed by atoms with Gasteiger partial charge in [-0.2, -0.15) is 5.10 Å². The Morgan fingerprint density at radius 2 is 1.92 bits per heavy atom. The van der Waals surface area contributed by atoms with Gasteiger partial charge in [-0.05, 0) is 42.3 Å². The first-order valence-corrected chi connectivity index (χ1v) is 7.28. The highest BCUT2D eigenvalue weighted by Crippen LogP contribution is 2.11. The number of methoxy groups -OCH3 is 1. The predicted molar refractivity (Wildman–Crippen MR) is 90.2 cm³/mol. The highest BCUT2D eigenvalue weighted by Gasteiger charge is 2.04. The molecule has 0 aromatic heterocycles. The monoisotopic (exact) mass is 326 g/mol. The number of hydrogen-bond donors (Lipinski definition) is 1. The van der Waals surface area contributed by atoms with Gasteiger partial charge in [0.15, 0.2) is 6.61 Å². The number of hydrazone groups is 1. The molecule has 2 aromatic rings. The van der Waals surface area contributed by atoms with Crippen LogP contribution in [0.25, 0.3) is 0 Å². The van der Waals surface area contributed by atoms with Gasteiger partial charge in [-0.3, -0.25) is 4.79 Å². The van der Waals surface area contributed by atoms with Gasteiger partial charge in [-0.15, -0.1) is 0 Å². The maximum Gasteiger partial charge on any atom is 0.337 e. The van der Waals surface area contributed by atoms with Crippen LogP contribution in [0.15, 0.2) is 53.6 Å². The number of rotatable bonds is 6. The molecule has 0 saturated carbocycles. The Balaban J connectivity index is 1.80. The molecule has 0 bridgehead atoms. The molecule has 0 unspecified atom stereocenters. The lowest BCUT2D eigenvalue weighted by molar-refractivity contribution is -0.123. The van der Waals surface area contributed by atoms with E-state index >= 15 is 0 Å². The standard InChI is InChI=1S/C18H18N2O4/c1-13-4-3-5-16(10-13)24-12-17(21)20-19-11-14-6-8-15(9-7-14)18(22)23-2/h3-11H,12H2,1-2H3,(H,20,21). The predicted octanol–water partition coefficient (Wildman–Crippen LogP) is 2.31. The van der Waals surface area contributed by atoms with Gasteiger partial charge in [0.25, 0.3) is 5.91 Å². The van der Waals surface area contributed by atoms with Crippen molar-refractivity contribution >= 4 is 18.1 Å². The van der Waals surface area contributed by atoms with Gasteiger partial charge in [0, 0.05) is 0 Å². The number of benzene rings is 2. The molecule has 0 heterocycles. The molecular formula is C18H18N2O4. The van der Waals surface area contributed by atoms with E-state index in [1.807, 2.05) is 25.1 Å². The van der Waals surface area contributed by atoms with E-state index < -0.39 is 5.97 Å². The molecule has 2 rings (SSSR count). The number of ether oxygens (including phenoxy) is 2. The average molecular weight is 326 g/mol. The molecule has 124 valence electrons. The number of carbonyl (C=O) groups is 2. The van der Waals surface area contributed by atoms with Crippen LogP contribution >= 0.6 is 0 Å². The van der Waals surface area contributed by atoms with E-state index in [0.29, 0.717) is 11.3 Å². The lowest BCUT2D eigenvalue weighted by Gasteiger charge is -2.05. The van der Waals surface area contributed by atoms with E-state index in [4.69, 9.17) is 4.74 Å². The molecule has 24 heavy (non-hydrogen) atoms. The summed E-state index contributed by atoms with van der Waals surface area (Å²) in [6.45, 7) is 1.82. The van der Waals surface area contributed by atoms with Crippen LogP contribution in [0.3, 0.4) is 0 Å². The molecular weight excluding hydrogens is 308 g/mol. The Kier molecular flexibility index (Phi) is 6.08. The summed E-state index contributed by atoms with van der Waals surface area (Å²) in [7, 11) is 1.33. The number of carbonyl (C=O) groups excluding carboxylic acids is 2. The quantitative estimate of drug-likeness (QED) is 0.502. The zero-order valence-corrected chi connectivity index (χ0v) is 13.5. The van der Waals surface area contributed by atoms with Gasteiger partial charge < -0.3 is 9.47 Å². The Bertz CT molecular complexity index is 739. The Hall–Kier alpha value is -3.15. The van der Waals surface area contributed by atoms with E-state index in [1.54, 1.807) is 30.3 Å². The minimum absolute atomic E-state index is 0.123. The summed E-state index contributed by atoms with van der Waals surface area (Å²) in [5, 5.41) is 3.85. The third-order valence-electron chi connectivity index (χ3n) is 3.09. The van der Waals surface area contributed by atoms with E-state index in [0.717, 1.165) is 11.1 Å². The number of hydrogen-bond acceptors (Lipinski definition) is 5. The van der Waals surface area contributed by atoms with Gasteiger partial charge in [-0.1, -0.05) is 24.3 Å². The third-order valence-corrected chi connectivity index (χ3v) is 3.09. The van der Waals surface area contributed by atoms with Gasteiger partial charge in [0.1, 0.15) is 5.75 Å². The van der Waals surface area contributed by atoms with Gasteiger partial charge >= 0.3 is 5.97 Å². The van der Waals surface area contributed by atoms with Crippen molar-refractivity contribution in [3.05, 3.63) is 65.2 Å². The molecule has 0 saturated heterocycles. The van der Waals surface area contributed by atoms with Crippen LogP contribution in [0, 0.1) is 6.92 Å². The van der Waals surface area contributed by atoms with Gasteiger partial charge in [0.2, 0.25) is 0 Å². The number of nitrogens with one attached hydrogen (secondary N) is 1. The van der Waals surface area contributed by atoms with E-state index in [2.05, 4.69) is 15.3 Å². The number of aryl methyl sites for hydroxylation is 1. The van der Waals surface area contributed by atoms with Crippen LogP contribution in [-0.2, 0) is 9.53 Å². The van der Waals surface area contributed by atoms with Crippen molar-refractivity contribution < 1.29 is 19.1 Å². The number of amides is 1. The zero-order valence-electron chi connectivity index (χ0n) is 13.5. The normalized spacial score (nSPS) is 10.4. The van der Waals surface area contributed by atoms with Crippen LogP contribution < -0.4 is 10.2 Å². The number of esters is 1. The largest absolute Gasteiger partial charge is 0.484 e. The molecule has 0 fully saturated rings. The summed E-state index contributed by atoms with van der Waals surface area (Å²) in [6, 6.07) is 14.1. The van der Waals surface area contributed by atoms with Gasteiger partial charge in [0.05, 0.1) is 18.9 Å². The van der Waals surface area contributed by atoms with E-state index in [1.165, 1.54) is 13.3 Å². The highest BCUT2D eigenvalue weighted by molar-refractivity contribution is 5.90. The molecule has 1 amide bonds.